The quantitative estimate of drug-likeness (QED) is 0.797. The van der Waals surface area contributed by atoms with E-state index in [1.54, 1.807) is 24.1 Å². The van der Waals surface area contributed by atoms with Crippen LogP contribution in [-0.4, -0.2) is 50.2 Å². The largest absolute Gasteiger partial charge is 0.397 e. The Morgan fingerprint density at radius 3 is 2.52 bits per heavy atom. The van der Waals surface area contributed by atoms with Gasteiger partial charge < -0.3 is 21.1 Å². The van der Waals surface area contributed by atoms with Gasteiger partial charge in [0, 0.05) is 24.6 Å². The molecule has 21 heavy (non-hydrogen) atoms. The zero-order chi connectivity index (χ0) is 15.6. The molecule has 1 saturated heterocycles. The van der Waals surface area contributed by atoms with Gasteiger partial charge in [-0.3, -0.25) is 9.69 Å². The van der Waals surface area contributed by atoms with Gasteiger partial charge in [0.25, 0.3) is 0 Å². The fourth-order valence-electron chi connectivity index (χ4n) is 2.37. The highest BCUT2D eigenvalue weighted by Gasteiger charge is 2.27. The first-order chi connectivity index (χ1) is 9.91. The smallest absolute Gasteiger partial charge is 0.243 e. The lowest BCUT2D eigenvalue weighted by Crippen LogP contribution is -2.50. The van der Waals surface area contributed by atoms with Crippen LogP contribution in [0.5, 0.6) is 0 Å². The van der Waals surface area contributed by atoms with Gasteiger partial charge in [0.2, 0.25) is 5.91 Å². The summed E-state index contributed by atoms with van der Waals surface area (Å²) in [5.74, 6) is 0.0155. The minimum absolute atomic E-state index is 0.0155. The third-order valence-electron chi connectivity index (χ3n) is 3.80. The first-order valence-electron chi connectivity index (χ1n) is 6.85. The van der Waals surface area contributed by atoms with Crippen LogP contribution in [-0.2, 0) is 9.53 Å². The third-order valence-corrected chi connectivity index (χ3v) is 4.43. The van der Waals surface area contributed by atoms with Gasteiger partial charge in [0.1, 0.15) is 0 Å². The van der Waals surface area contributed by atoms with Crippen LogP contribution in [0.25, 0.3) is 0 Å². The zero-order valence-corrected chi connectivity index (χ0v) is 13.9. The van der Waals surface area contributed by atoms with Crippen molar-refractivity contribution >= 4 is 38.9 Å². The Hall–Kier alpha value is -1.31. The molecule has 0 saturated carbocycles. The normalized spacial score (nSPS) is 17.5. The summed E-state index contributed by atoms with van der Waals surface area (Å²) in [4.78, 5) is 16.4. The maximum absolute atomic E-state index is 12.6. The molecule has 1 aromatic rings. The van der Waals surface area contributed by atoms with Crippen molar-refractivity contribution in [2.75, 3.05) is 49.7 Å². The third kappa shape index (κ3) is 3.48. The summed E-state index contributed by atoms with van der Waals surface area (Å²) in [6, 6.07) is 3.22. The van der Waals surface area contributed by atoms with Crippen LogP contribution in [0.15, 0.2) is 16.6 Å². The summed E-state index contributed by atoms with van der Waals surface area (Å²) in [5.41, 5.74) is 13.3. The van der Waals surface area contributed by atoms with Gasteiger partial charge in [-0.15, -0.1) is 0 Å². The van der Waals surface area contributed by atoms with Crippen molar-refractivity contribution in [3.8, 4) is 0 Å². The van der Waals surface area contributed by atoms with Gasteiger partial charge in [-0.1, -0.05) is 0 Å². The topological polar surface area (TPSA) is 84.8 Å². The number of nitrogens with two attached hydrogens (primary N) is 2. The highest BCUT2D eigenvalue weighted by Crippen LogP contribution is 2.32. The van der Waals surface area contributed by atoms with Crippen molar-refractivity contribution < 1.29 is 9.53 Å². The predicted molar refractivity (Wildman–Crippen MR) is 88.2 cm³/mol. The molecule has 7 heteroatoms. The summed E-state index contributed by atoms with van der Waals surface area (Å²) >= 11 is 3.43. The van der Waals surface area contributed by atoms with E-state index in [4.69, 9.17) is 16.2 Å². The molecular weight excluding hydrogens is 336 g/mol. The molecule has 0 aliphatic carbocycles. The van der Waals surface area contributed by atoms with E-state index < -0.39 is 0 Å². The molecule has 1 fully saturated rings. The highest BCUT2D eigenvalue weighted by molar-refractivity contribution is 9.10. The fraction of sp³-hybridized carbons (Fsp3) is 0.500. The van der Waals surface area contributed by atoms with Gasteiger partial charge in [0.05, 0.1) is 36.3 Å². The Morgan fingerprint density at radius 1 is 1.33 bits per heavy atom. The summed E-state index contributed by atoms with van der Waals surface area (Å²) in [5, 5.41) is 0. The number of ether oxygens (including phenoxy) is 1. The molecule has 116 valence electrons. The molecule has 1 amide bonds. The Balaban J connectivity index is 2.16. The van der Waals surface area contributed by atoms with Crippen LogP contribution in [0.1, 0.15) is 6.92 Å². The number of halogens is 1. The summed E-state index contributed by atoms with van der Waals surface area (Å²) < 4.78 is 6.07. The van der Waals surface area contributed by atoms with Crippen molar-refractivity contribution in [2.24, 2.45) is 0 Å². The Morgan fingerprint density at radius 2 is 1.90 bits per heavy atom. The van der Waals surface area contributed by atoms with E-state index in [0.717, 1.165) is 17.6 Å². The molecule has 1 atom stereocenters. The van der Waals surface area contributed by atoms with E-state index in [2.05, 4.69) is 20.8 Å². The predicted octanol–water partition coefficient (Wildman–Crippen LogP) is 1.30. The Bertz CT molecular complexity index is 532. The summed E-state index contributed by atoms with van der Waals surface area (Å²) in [6.45, 7) is 4.79. The highest BCUT2D eigenvalue weighted by atomic mass is 79.9. The number of nitrogen functional groups attached to an aromatic ring is 2. The van der Waals surface area contributed by atoms with E-state index in [9.17, 15) is 4.79 Å². The molecule has 4 N–H and O–H groups in total. The van der Waals surface area contributed by atoms with Crippen molar-refractivity contribution in [1.82, 2.24) is 4.90 Å². The van der Waals surface area contributed by atoms with Gasteiger partial charge in [0.15, 0.2) is 0 Å². The molecule has 1 aliphatic rings. The number of nitrogens with zero attached hydrogens (tertiary/aromatic N) is 2. The molecule has 1 heterocycles. The van der Waals surface area contributed by atoms with Crippen LogP contribution in [0, 0.1) is 0 Å². The monoisotopic (exact) mass is 356 g/mol. The van der Waals surface area contributed by atoms with Gasteiger partial charge in [-0.25, -0.2) is 0 Å². The molecule has 0 bridgehead atoms. The van der Waals surface area contributed by atoms with E-state index in [-0.39, 0.29) is 11.9 Å². The lowest BCUT2D eigenvalue weighted by atomic mass is 10.2. The number of carbonyl (C=O) groups excluding carboxylic acids is 1. The SMILES string of the molecule is C[C@@H](C(=O)N(C)c1cc(N)c(N)cc1Br)N1CCOCC1. The fourth-order valence-corrected chi connectivity index (χ4v) is 3.00. The number of hydrogen-bond donors (Lipinski definition) is 2. The van der Waals surface area contributed by atoms with Crippen molar-refractivity contribution in [1.29, 1.82) is 0 Å². The lowest BCUT2D eigenvalue weighted by molar-refractivity contribution is -0.124. The maximum Gasteiger partial charge on any atom is 0.243 e. The van der Waals surface area contributed by atoms with E-state index in [1.807, 2.05) is 6.92 Å². The molecule has 2 rings (SSSR count). The molecule has 0 unspecified atom stereocenters. The molecule has 0 aromatic heterocycles. The van der Waals surface area contributed by atoms with Gasteiger partial charge in [-0.2, -0.15) is 0 Å². The summed E-state index contributed by atoms with van der Waals surface area (Å²) in [6.07, 6.45) is 0. The summed E-state index contributed by atoms with van der Waals surface area (Å²) in [7, 11) is 1.75. The van der Waals surface area contributed by atoms with Crippen LogP contribution < -0.4 is 16.4 Å². The number of rotatable bonds is 3. The standard InChI is InChI=1S/C14H21BrN4O2/c1-9(19-3-5-21-6-4-19)14(20)18(2)13-8-12(17)11(16)7-10(13)15/h7-9H,3-6,16-17H2,1-2H3/t9-/m0/s1. The molecule has 1 aliphatic heterocycles. The van der Waals surface area contributed by atoms with E-state index >= 15 is 0 Å². The van der Waals surface area contributed by atoms with Crippen LogP contribution in [0.3, 0.4) is 0 Å². The second-order valence-electron chi connectivity index (χ2n) is 5.15. The second kappa shape index (κ2) is 6.64. The average molecular weight is 357 g/mol. The number of likely N-dealkylation sites (N-methyl/N-ethyl adjacent to an activating group) is 1. The number of anilines is 3. The number of carbonyl (C=O) groups is 1. The van der Waals surface area contributed by atoms with E-state index in [1.165, 1.54) is 0 Å². The van der Waals surface area contributed by atoms with Crippen LogP contribution >= 0.6 is 15.9 Å². The molecule has 1 aromatic carbocycles. The zero-order valence-electron chi connectivity index (χ0n) is 12.3. The number of amides is 1. The maximum atomic E-state index is 12.6. The molecular formula is C14H21BrN4O2. The van der Waals surface area contributed by atoms with Crippen LogP contribution in [0.4, 0.5) is 17.1 Å². The van der Waals surface area contributed by atoms with Gasteiger partial charge >= 0.3 is 0 Å². The first kappa shape index (κ1) is 16.1. The van der Waals surface area contributed by atoms with Crippen molar-refractivity contribution in [2.45, 2.75) is 13.0 Å². The molecule has 6 nitrogen and oxygen atoms in total. The molecule has 0 radical (unpaired) electrons. The first-order valence-corrected chi connectivity index (χ1v) is 7.65. The minimum atomic E-state index is -0.204. The lowest BCUT2D eigenvalue weighted by Gasteiger charge is -2.33. The van der Waals surface area contributed by atoms with Crippen molar-refractivity contribution in [3.05, 3.63) is 16.6 Å². The van der Waals surface area contributed by atoms with Crippen LogP contribution in [0.2, 0.25) is 0 Å². The second-order valence-corrected chi connectivity index (χ2v) is 6.01. The Labute approximate surface area is 133 Å². The van der Waals surface area contributed by atoms with Crippen molar-refractivity contribution in [3.63, 3.8) is 0 Å². The van der Waals surface area contributed by atoms with E-state index in [0.29, 0.717) is 30.3 Å². The number of benzene rings is 1. The molecule has 0 spiro atoms. The average Bonchev–Trinajstić information content (AvgIpc) is 2.49. The Kier molecular flexibility index (Phi) is 5.08. The van der Waals surface area contributed by atoms with Gasteiger partial charge in [-0.05, 0) is 35.0 Å². The number of hydrogen-bond acceptors (Lipinski definition) is 5. The number of morpholine rings is 1. The minimum Gasteiger partial charge on any atom is -0.397 e.